The average Bonchev–Trinajstić information content (AvgIpc) is 2.73. The first-order valence-electron chi connectivity index (χ1n) is 6.64. The summed E-state index contributed by atoms with van der Waals surface area (Å²) in [5, 5.41) is 3.71. The Balaban J connectivity index is 2.21. The molecule has 1 fully saturated rings. The highest BCUT2D eigenvalue weighted by Crippen LogP contribution is 2.47. The van der Waals surface area contributed by atoms with Crippen molar-refractivity contribution in [2.24, 2.45) is 5.41 Å². The molecule has 1 aromatic heterocycles. The molecule has 2 rings (SSSR count). The minimum absolute atomic E-state index is 0.443. The molecular weight excluding hydrogens is 294 g/mol. The molecule has 1 N–H and O–H groups in total. The number of thiophene rings is 1. The lowest BCUT2D eigenvalue weighted by molar-refractivity contribution is 0.148. The van der Waals surface area contributed by atoms with Gasteiger partial charge in [-0.25, -0.2) is 0 Å². The van der Waals surface area contributed by atoms with Crippen LogP contribution in [0.1, 0.15) is 56.9 Å². The number of halogens is 1. The van der Waals surface area contributed by atoms with Crippen LogP contribution in [0.2, 0.25) is 0 Å². The molecule has 1 heterocycles. The van der Waals surface area contributed by atoms with Gasteiger partial charge in [-0.2, -0.15) is 0 Å². The third kappa shape index (κ3) is 3.12. The largest absolute Gasteiger partial charge is 0.309 e. The highest BCUT2D eigenvalue weighted by Gasteiger charge is 2.36. The van der Waals surface area contributed by atoms with Crippen molar-refractivity contribution in [1.82, 2.24) is 5.32 Å². The van der Waals surface area contributed by atoms with Crippen LogP contribution in [0.5, 0.6) is 0 Å². The number of hydrogen-bond donors (Lipinski definition) is 1. The van der Waals surface area contributed by atoms with Crippen LogP contribution >= 0.6 is 27.3 Å². The molecule has 0 spiro atoms. The van der Waals surface area contributed by atoms with Crippen LogP contribution in [0.3, 0.4) is 0 Å². The van der Waals surface area contributed by atoms with E-state index in [1.165, 1.54) is 40.8 Å². The van der Waals surface area contributed by atoms with E-state index < -0.39 is 0 Å². The topological polar surface area (TPSA) is 12.0 Å². The summed E-state index contributed by atoms with van der Waals surface area (Å²) in [6, 6.07) is 4.99. The molecule has 0 radical (unpaired) electrons. The SMILES string of the molecule is CCNC(c1ccc(Br)s1)C1(C)CCCCC1. The summed E-state index contributed by atoms with van der Waals surface area (Å²) in [5.41, 5.74) is 0.443. The second kappa shape index (κ2) is 5.85. The quantitative estimate of drug-likeness (QED) is 0.812. The second-order valence-electron chi connectivity index (χ2n) is 5.35. The zero-order chi connectivity index (χ0) is 12.3. The zero-order valence-corrected chi connectivity index (χ0v) is 13.2. The van der Waals surface area contributed by atoms with E-state index in [0.29, 0.717) is 11.5 Å². The van der Waals surface area contributed by atoms with E-state index in [1.807, 2.05) is 11.3 Å². The lowest BCUT2D eigenvalue weighted by Crippen LogP contribution is -2.37. The van der Waals surface area contributed by atoms with Gasteiger partial charge in [-0.1, -0.05) is 33.1 Å². The maximum Gasteiger partial charge on any atom is 0.0701 e. The summed E-state index contributed by atoms with van der Waals surface area (Å²) in [6.45, 7) is 5.73. The molecule has 1 unspecified atom stereocenters. The Morgan fingerprint density at radius 3 is 2.59 bits per heavy atom. The van der Waals surface area contributed by atoms with Crippen molar-refractivity contribution in [3.05, 3.63) is 20.8 Å². The fourth-order valence-corrected chi connectivity index (χ4v) is 4.70. The molecule has 17 heavy (non-hydrogen) atoms. The van der Waals surface area contributed by atoms with E-state index in [9.17, 15) is 0 Å². The van der Waals surface area contributed by atoms with Crippen molar-refractivity contribution in [3.63, 3.8) is 0 Å². The maximum atomic E-state index is 3.71. The zero-order valence-electron chi connectivity index (χ0n) is 10.8. The number of rotatable bonds is 4. The molecule has 0 aromatic carbocycles. The Morgan fingerprint density at radius 1 is 1.35 bits per heavy atom. The molecule has 96 valence electrons. The fourth-order valence-electron chi connectivity index (χ4n) is 3.03. The van der Waals surface area contributed by atoms with E-state index in [2.05, 4.69) is 47.2 Å². The van der Waals surface area contributed by atoms with Crippen molar-refractivity contribution in [1.29, 1.82) is 0 Å². The average molecular weight is 316 g/mol. The smallest absolute Gasteiger partial charge is 0.0701 e. The van der Waals surface area contributed by atoms with Crippen molar-refractivity contribution in [2.75, 3.05) is 6.54 Å². The summed E-state index contributed by atoms with van der Waals surface area (Å²) < 4.78 is 1.25. The van der Waals surface area contributed by atoms with E-state index in [-0.39, 0.29) is 0 Å². The van der Waals surface area contributed by atoms with Gasteiger partial charge in [-0.15, -0.1) is 11.3 Å². The van der Waals surface area contributed by atoms with Crippen LogP contribution in [0.4, 0.5) is 0 Å². The van der Waals surface area contributed by atoms with Gasteiger partial charge in [0.2, 0.25) is 0 Å². The monoisotopic (exact) mass is 315 g/mol. The van der Waals surface area contributed by atoms with Gasteiger partial charge in [0, 0.05) is 10.9 Å². The summed E-state index contributed by atoms with van der Waals surface area (Å²) in [7, 11) is 0. The summed E-state index contributed by atoms with van der Waals surface area (Å²) in [6.07, 6.45) is 6.93. The Labute approximate surface area is 117 Å². The van der Waals surface area contributed by atoms with Gasteiger partial charge in [-0.3, -0.25) is 0 Å². The minimum Gasteiger partial charge on any atom is -0.309 e. The predicted octanol–water partition coefficient (Wildman–Crippen LogP) is 5.13. The van der Waals surface area contributed by atoms with Crippen molar-refractivity contribution < 1.29 is 0 Å². The fraction of sp³-hybridized carbons (Fsp3) is 0.714. The molecular formula is C14H22BrNS. The maximum absolute atomic E-state index is 3.71. The molecule has 0 aliphatic heterocycles. The van der Waals surface area contributed by atoms with Crippen LogP contribution in [-0.2, 0) is 0 Å². The first-order chi connectivity index (χ1) is 8.15. The van der Waals surface area contributed by atoms with Gasteiger partial charge in [-0.05, 0) is 52.9 Å². The van der Waals surface area contributed by atoms with Crippen molar-refractivity contribution in [3.8, 4) is 0 Å². The predicted molar refractivity (Wildman–Crippen MR) is 79.6 cm³/mol. The first-order valence-corrected chi connectivity index (χ1v) is 8.25. The Morgan fingerprint density at radius 2 is 2.06 bits per heavy atom. The normalized spacial score (nSPS) is 21.4. The third-order valence-electron chi connectivity index (χ3n) is 3.98. The highest BCUT2D eigenvalue weighted by atomic mass is 79.9. The van der Waals surface area contributed by atoms with Gasteiger partial charge in [0.15, 0.2) is 0 Å². The van der Waals surface area contributed by atoms with Gasteiger partial charge >= 0.3 is 0 Å². The van der Waals surface area contributed by atoms with E-state index in [0.717, 1.165) is 6.54 Å². The van der Waals surface area contributed by atoms with E-state index in [4.69, 9.17) is 0 Å². The minimum atomic E-state index is 0.443. The Hall–Kier alpha value is 0.140. The highest BCUT2D eigenvalue weighted by molar-refractivity contribution is 9.11. The van der Waals surface area contributed by atoms with E-state index in [1.54, 1.807) is 0 Å². The number of nitrogens with one attached hydrogen (secondary N) is 1. The van der Waals surface area contributed by atoms with Crippen LogP contribution in [0.25, 0.3) is 0 Å². The molecule has 1 nitrogen and oxygen atoms in total. The van der Waals surface area contributed by atoms with Gasteiger partial charge in [0.25, 0.3) is 0 Å². The second-order valence-corrected chi connectivity index (χ2v) is 7.84. The molecule has 1 atom stereocenters. The molecule has 1 aliphatic rings. The lowest BCUT2D eigenvalue weighted by atomic mass is 9.70. The number of hydrogen-bond acceptors (Lipinski definition) is 2. The standard InChI is InChI=1S/C14H22BrNS/c1-3-16-13(11-7-8-12(15)17-11)14(2)9-5-4-6-10-14/h7-8,13,16H,3-6,9-10H2,1-2H3. The van der Waals surface area contributed by atoms with Gasteiger partial charge in [0.05, 0.1) is 3.79 Å². The van der Waals surface area contributed by atoms with Crippen LogP contribution in [0.15, 0.2) is 15.9 Å². The Kier molecular flexibility index (Phi) is 4.67. The van der Waals surface area contributed by atoms with Crippen LogP contribution in [0, 0.1) is 5.41 Å². The van der Waals surface area contributed by atoms with Crippen LogP contribution < -0.4 is 5.32 Å². The summed E-state index contributed by atoms with van der Waals surface area (Å²) in [4.78, 5) is 1.49. The van der Waals surface area contributed by atoms with Crippen molar-refractivity contribution >= 4 is 27.3 Å². The van der Waals surface area contributed by atoms with Crippen molar-refractivity contribution in [2.45, 2.75) is 52.0 Å². The van der Waals surface area contributed by atoms with Gasteiger partial charge < -0.3 is 5.32 Å². The molecule has 0 bridgehead atoms. The molecule has 1 saturated carbocycles. The Bertz CT molecular complexity index is 355. The molecule has 0 saturated heterocycles. The first kappa shape index (κ1) is 13.6. The summed E-state index contributed by atoms with van der Waals surface area (Å²) in [5.74, 6) is 0. The summed E-state index contributed by atoms with van der Waals surface area (Å²) >= 11 is 5.47. The third-order valence-corrected chi connectivity index (χ3v) is 5.67. The molecule has 1 aromatic rings. The van der Waals surface area contributed by atoms with Crippen LogP contribution in [-0.4, -0.2) is 6.54 Å². The lowest BCUT2D eigenvalue weighted by Gasteiger charge is -2.41. The molecule has 0 amide bonds. The van der Waals surface area contributed by atoms with Gasteiger partial charge in [0.1, 0.15) is 0 Å². The molecule has 3 heteroatoms. The molecule has 1 aliphatic carbocycles. The van der Waals surface area contributed by atoms with E-state index >= 15 is 0 Å².